The van der Waals surface area contributed by atoms with Gasteiger partial charge in [-0.25, -0.2) is 4.98 Å². The van der Waals surface area contributed by atoms with Gasteiger partial charge in [-0.3, -0.25) is 14.5 Å². The van der Waals surface area contributed by atoms with Gasteiger partial charge in [0.05, 0.1) is 28.9 Å². The van der Waals surface area contributed by atoms with Gasteiger partial charge in [0.2, 0.25) is 0 Å². The van der Waals surface area contributed by atoms with Gasteiger partial charge in [-0.05, 0) is 72.5 Å². The number of ketones is 1. The number of methoxy groups -OCH3 is 1. The van der Waals surface area contributed by atoms with Crippen molar-refractivity contribution in [3.05, 3.63) is 112 Å². The van der Waals surface area contributed by atoms with Gasteiger partial charge in [-0.2, -0.15) is 0 Å². The molecule has 1 atom stereocenters. The lowest BCUT2D eigenvalue weighted by Crippen LogP contribution is -2.29. The Bertz CT molecular complexity index is 2040. The number of Topliss-reactive ketones (excluding diaryl/α,β-unsaturated/α-hetero) is 1. The lowest BCUT2D eigenvalue weighted by molar-refractivity contribution is -0.132. The Hall–Kier alpha value is -5.35. The van der Waals surface area contributed by atoms with Crippen LogP contribution in [0.4, 0.5) is 5.13 Å². The normalized spacial score (nSPS) is 17.0. The summed E-state index contributed by atoms with van der Waals surface area (Å²) in [6.45, 7) is 5.06. The van der Waals surface area contributed by atoms with E-state index in [1.54, 1.807) is 36.4 Å². The third kappa shape index (κ3) is 5.20. The lowest BCUT2D eigenvalue weighted by atomic mass is 9.95. The molecule has 5 aromatic rings. The Kier molecular flexibility index (Phi) is 7.58. The highest BCUT2D eigenvalue weighted by Gasteiger charge is 2.48. The van der Waals surface area contributed by atoms with Crippen LogP contribution in [0.2, 0.25) is 0 Å². The molecule has 10 heteroatoms. The number of anilines is 1. The molecule has 2 aliphatic rings. The third-order valence-corrected chi connectivity index (χ3v) is 9.03. The van der Waals surface area contributed by atoms with Gasteiger partial charge in [-0.1, -0.05) is 53.8 Å². The minimum atomic E-state index is -1.01. The van der Waals surface area contributed by atoms with E-state index in [2.05, 4.69) is 0 Å². The summed E-state index contributed by atoms with van der Waals surface area (Å²) >= 11 is 1.32. The molecule has 3 heterocycles. The molecule has 0 saturated carbocycles. The van der Waals surface area contributed by atoms with Crippen molar-refractivity contribution in [3.63, 3.8) is 0 Å². The van der Waals surface area contributed by atoms with Crippen LogP contribution in [0.25, 0.3) is 16.0 Å². The fourth-order valence-electron chi connectivity index (χ4n) is 5.86. The summed E-state index contributed by atoms with van der Waals surface area (Å²) in [5.74, 6) is -0.0670. The minimum absolute atomic E-state index is 0.0751. The molecule has 9 nitrogen and oxygen atoms in total. The standard InChI is InChI=1S/C36H30N2O7S/c1-20-15-21(2)31-29(16-20)46-36(37-31)38-32(23-9-11-25(27(17-23)42-3)45-19-22-7-5-4-6-8-22)30(34(40)35(38)41)33(39)24-10-12-26-28(18-24)44-14-13-43-26/h4-12,15-18,32,39H,13-14,19H2,1-3H3/b33-30+/t32-/m0/s1. The summed E-state index contributed by atoms with van der Waals surface area (Å²) in [4.78, 5) is 33.9. The molecule has 1 amide bonds. The fourth-order valence-corrected chi connectivity index (χ4v) is 7.03. The van der Waals surface area contributed by atoms with Crippen LogP contribution >= 0.6 is 11.3 Å². The summed E-state index contributed by atoms with van der Waals surface area (Å²) < 4.78 is 24.0. The number of carbonyl (C=O) groups is 2. The van der Waals surface area contributed by atoms with Crippen LogP contribution in [-0.4, -0.2) is 42.1 Å². The number of thiazole rings is 1. The van der Waals surface area contributed by atoms with Gasteiger partial charge in [-0.15, -0.1) is 0 Å². The lowest BCUT2D eigenvalue weighted by Gasteiger charge is -2.24. The Labute approximate surface area is 269 Å². The van der Waals surface area contributed by atoms with Gasteiger partial charge in [0.25, 0.3) is 5.78 Å². The predicted octanol–water partition coefficient (Wildman–Crippen LogP) is 6.90. The van der Waals surface area contributed by atoms with Gasteiger partial charge < -0.3 is 24.1 Å². The summed E-state index contributed by atoms with van der Waals surface area (Å²) in [7, 11) is 1.53. The number of rotatable bonds is 7. The Morgan fingerprint density at radius 2 is 1.74 bits per heavy atom. The number of aliphatic hydroxyl groups is 1. The molecule has 1 fully saturated rings. The molecule has 0 radical (unpaired) electrons. The van der Waals surface area contributed by atoms with Crippen LogP contribution in [0.5, 0.6) is 23.0 Å². The number of fused-ring (bicyclic) bond motifs is 2. The van der Waals surface area contributed by atoms with Gasteiger partial charge in [0.15, 0.2) is 28.1 Å². The van der Waals surface area contributed by atoms with Crippen molar-refractivity contribution in [2.75, 3.05) is 25.2 Å². The second-order valence-electron chi connectivity index (χ2n) is 11.1. The molecule has 7 rings (SSSR count). The molecule has 232 valence electrons. The zero-order valence-electron chi connectivity index (χ0n) is 25.4. The first-order valence-electron chi connectivity index (χ1n) is 14.8. The average molecular weight is 635 g/mol. The maximum absolute atomic E-state index is 13.9. The van der Waals surface area contributed by atoms with E-state index in [1.807, 2.05) is 56.3 Å². The number of ether oxygens (including phenoxy) is 4. The number of benzene rings is 4. The van der Waals surface area contributed by atoms with Crippen molar-refractivity contribution in [2.24, 2.45) is 0 Å². The summed E-state index contributed by atoms with van der Waals surface area (Å²) in [5, 5.41) is 12.1. The van der Waals surface area contributed by atoms with Gasteiger partial charge in [0.1, 0.15) is 25.6 Å². The smallest absolute Gasteiger partial charge is 0.301 e. The van der Waals surface area contributed by atoms with Crippen LogP contribution in [0, 0.1) is 13.8 Å². The molecule has 46 heavy (non-hydrogen) atoms. The Morgan fingerprint density at radius 3 is 2.52 bits per heavy atom. The summed E-state index contributed by atoms with van der Waals surface area (Å²) in [5.41, 5.74) is 4.54. The molecule has 0 aliphatic carbocycles. The number of aromatic nitrogens is 1. The van der Waals surface area contributed by atoms with Crippen LogP contribution < -0.4 is 23.8 Å². The number of amides is 1. The predicted molar refractivity (Wildman–Crippen MR) is 175 cm³/mol. The molecule has 1 saturated heterocycles. The van der Waals surface area contributed by atoms with Crippen LogP contribution in [0.3, 0.4) is 0 Å². The van der Waals surface area contributed by atoms with Gasteiger partial charge >= 0.3 is 5.91 Å². The first-order chi connectivity index (χ1) is 22.3. The van der Waals surface area contributed by atoms with Crippen molar-refractivity contribution < 1.29 is 33.6 Å². The van der Waals surface area contributed by atoms with Crippen LogP contribution in [-0.2, 0) is 16.2 Å². The van der Waals surface area contributed by atoms with E-state index in [0.29, 0.717) is 59.1 Å². The maximum atomic E-state index is 13.9. The van der Waals surface area contributed by atoms with Crippen molar-refractivity contribution in [1.82, 2.24) is 4.98 Å². The quantitative estimate of drug-likeness (QED) is 0.117. The molecule has 4 aromatic carbocycles. The monoisotopic (exact) mass is 634 g/mol. The zero-order chi connectivity index (χ0) is 31.9. The molecular formula is C36H30N2O7S. The first kappa shape index (κ1) is 29.4. The molecule has 1 aromatic heterocycles. The number of hydrogen-bond donors (Lipinski definition) is 1. The van der Waals surface area contributed by atoms with Crippen molar-refractivity contribution in [3.8, 4) is 23.0 Å². The Balaban J connectivity index is 1.36. The number of carbonyl (C=O) groups excluding carboxylic acids is 2. The summed E-state index contributed by atoms with van der Waals surface area (Å²) in [6, 6.07) is 22.9. The molecular weight excluding hydrogens is 604 g/mol. The van der Waals surface area contributed by atoms with E-state index in [4.69, 9.17) is 23.9 Å². The summed E-state index contributed by atoms with van der Waals surface area (Å²) in [6.07, 6.45) is 0. The van der Waals surface area contributed by atoms with Crippen molar-refractivity contribution in [2.45, 2.75) is 26.5 Å². The van der Waals surface area contributed by atoms with Crippen molar-refractivity contribution >= 4 is 44.1 Å². The van der Waals surface area contributed by atoms with E-state index in [0.717, 1.165) is 26.9 Å². The van der Waals surface area contributed by atoms with Crippen LogP contribution in [0.15, 0.2) is 84.4 Å². The molecule has 0 bridgehead atoms. The highest BCUT2D eigenvalue weighted by atomic mass is 32.1. The molecule has 0 unspecified atom stereocenters. The molecule has 2 aliphatic heterocycles. The SMILES string of the molecule is COc1cc([C@H]2/C(=C(\O)c3ccc4c(c3)OCCO4)C(=O)C(=O)N2c2nc3c(C)cc(C)cc3s2)ccc1OCc1ccccc1. The first-order valence-corrected chi connectivity index (χ1v) is 15.6. The second kappa shape index (κ2) is 11.9. The Morgan fingerprint density at radius 1 is 0.957 bits per heavy atom. The van der Waals surface area contributed by atoms with Crippen molar-refractivity contribution in [1.29, 1.82) is 0 Å². The molecule has 1 N–H and O–H groups in total. The van der Waals surface area contributed by atoms with E-state index in [-0.39, 0.29) is 11.3 Å². The zero-order valence-corrected chi connectivity index (χ0v) is 26.2. The van der Waals surface area contributed by atoms with E-state index < -0.39 is 17.7 Å². The molecule has 0 spiro atoms. The topological polar surface area (TPSA) is 107 Å². The largest absolute Gasteiger partial charge is 0.507 e. The van der Waals surface area contributed by atoms with E-state index in [1.165, 1.54) is 23.3 Å². The maximum Gasteiger partial charge on any atom is 0.301 e. The third-order valence-electron chi connectivity index (χ3n) is 8.03. The minimum Gasteiger partial charge on any atom is -0.507 e. The second-order valence-corrected chi connectivity index (χ2v) is 12.1. The average Bonchev–Trinajstić information content (AvgIpc) is 3.61. The number of aryl methyl sites for hydroxylation is 2. The number of nitrogens with zero attached hydrogens (tertiary/aromatic N) is 2. The van der Waals surface area contributed by atoms with E-state index >= 15 is 0 Å². The number of hydrogen-bond acceptors (Lipinski definition) is 9. The van der Waals surface area contributed by atoms with Gasteiger partial charge in [0, 0.05) is 5.56 Å². The van der Waals surface area contributed by atoms with Crippen LogP contribution in [0.1, 0.15) is 33.9 Å². The van der Waals surface area contributed by atoms with E-state index in [9.17, 15) is 14.7 Å². The fraction of sp³-hybridized carbons (Fsp3) is 0.194. The highest BCUT2D eigenvalue weighted by molar-refractivity contribution is 7.22. The highest BCUT2D eigenvalue weighted by Crippen LogP contribution is 2.47. The number of aliphatic hydroxyl groups excluding tert-OH is 1.